The molecule has 0 spiro atoms. The van der Waals surface area contributed by atoms with Crippen LogP contribution in [0.3, 0.4) is 0 Å². The molecule has 8 amide bonds. The Hall–Kier alpha value is -7.79. The van der Waals surface area contributed by atoms with Crippen molar-refractivity contribution in [3.8, 4) is 0 Å². The number of aldehydes is 1. The number of nitrogens with one attached hydrogen (secondary N) is 10. The molecule has 3 rings (SSSR count). The van der Waals surface area contributed by atoms with Gasteiger partial charge in [0.1, 0.15) is 47.2 Å². The molecular formula is C41H57FN14O14. The molecule has 0 saturated carbocycles. The first-order valence-corrected chi connectivity index (χ1v) is 21.4. The molecule has 0 bridgehead atoms. The Morgan fingerprint density at radius 1 is 0.814 bits per heavy atom. The normalized spacial score (nSPS) is 15.1. The second kappa shape index (κ2) is 26.1. The summed E-state index contributed by atoms with van der Waals surface area (Å²) >= 11 is 0. The zero-order chi connectivity index (χ0) is 52.3. The number of carbonyl (C=O) groups excluding carboxylic acids is 9. The maximum absolute atomic E-state index is 15.1. The zero-order valence-corrected chi connectivity index (χ0v) is 38.6. The first kappa shape index (κ1) is 56.5. The molecule has 14 N–H and O–H groups in total. The number of aliphatic hydroxyl groups is 3. The van der Waals surface area contributed by atoms with Crippen LogP contribution >= 0.6 is 0 Å². The van der Waals surface area contributed by atoms with Crippen molar-refractivity contribution >= 4 is 59.5 Å². The number of halogens is 1. The van der Waals surface area contributed by atoms with Gasteiger partial charge < -0.3 is 72.7 Å². The van der Waals surface area contributed by atoms with Crippen LogP contribution in [-0.4, -0.2) is 178 Å². The fourth-order valence-electron chi connectivity index (χ4n) is 6.30. The third-order valence-electron chi connectivity index (χ3n) is 10.4. The maximum atomic E-state index is 15.1. The van der Waals surface area contributed by atoms with E-state index in [9.17, 15) is 63.3 Å². The number of tetrazole rings is 1. The number of benzene rings is 1. The first-order valence-electron chi connectivity index (χ1n) is 21.4. The Kier molecular flexibility index (Phi) is 21.1. The number of carbonyl (C=O) groups is 10. The van der Waals surface area contributed by atoms with Gasteiger partial charge in [-0.05, 0) is 46.2 Å². The molecule has 29 heteroatoms. The van der Waals surface area contributed by atoms with Crippen molar-refractivity contribution in [3.05, 3.63) is 59.7 Å². The summed E-state index contributed by atoms with van der Waals surface area (Å²) in [4.78, 5) is 136. The Bertz CT molecular complexity index is 2310. The number of H-pyrrole nitrogens is 2. The van der Waals surface area contributed by atoms with Crippen LogP contribution in [0, 0.1) is 11.2 Å². The Labute approximate surface area is 397 Å². The smallest absolute Gasteiger partial charge is 0.305 e. The molecule has 0 fully saturated rings. The summed E-state index contributed by atoms with van der Waals surface area (Å²) in [6.07, 6.45) is -1.83. The summed E-state index contributed by atoms with van der Waals surface area (Å²) < 4.78 is 15.1. The quantitative estimate of drug-likeness (QED) is 0.0238. The fraction of sp³-hybridized carbons (Fsp3) is 0.512. The lowest BCUT2D eigenvalue weighted by molar-refractivity contribution is -0.143. The first-order chi connectivity index (χ1) is 32.9. The predicted molar refractivity (Wildman–Crippen MR) is 235 cm³/mol. The van der Waals surface area contributed by atoms with Gasteiger partial charge in [-0.25, -0.2) is 9.37 Å². The Morgan fingerprint density at radius 3 is 2.06 bits per heavy atom. The van der Waals surface area contributed by atoms with Crippen LogP contribution in [0.4, 0.5) is 4.39 Å². The number of nitrogens with zero attached hydrogens (tertiary/aromatic N) is 4. The van der Waals surface area contributed by atoms with Crippen LogP contribution in [0.25, 0.3) is 0 Å². The number of aromatic nitrogens is 6. The van der Waals surface area contributed by atoms with Crippen LogP contribution in [0.15, 0.2) is 36.8 Å². The third kappa shape index (κ3) is 16.8. The minimum Gasteiger partial charge on any atom is -0.481 e. The molecule has 382 valence electrons. The molecule has 3 aromatic rings. The summed E-state index contributed by atoms with van der Waals surface area (Å²) in [6.45, 7) is 4.02. The van der Waals surface area contributed by atoms with Crippen LogP contribution in [0.1, 0.15) is 58.1 Å². The number of aliphatic hydroxyl groups excluding tert-OH is 3. The van der Waals surface area contributed by atoms with Crippen molar-refractivity contribution in [2.75, 3.05) is 19.7 Å². The SMILES string of the molecule is C[C@@H](O)[C@H](NC(=O)CNC(=O)[C@H](Cc1nn[nH]n1)NC(=O)C(C)(C)C(=O)NCCc1cnc[nH]1)C(=O)NC(C)(Cc1ccccc1F)C(=O)N[C@H](C(=O)N[C@@H](CO)C(=O)NC(C=O)CC(=O)O)[C@@H](C)O. The van der Waals surface area contributed by atoms with Gasteiger partial charge in [-0.2, -0.15) is 5.21 Å². The number of amides is 8. The average Bonchev–Trinajstić information content (AvgIpc) is 4.03. The zero-order valence-electron chi connectivity index (χ0n) is 38.6. The highest BCUT2D eigenvalue weighted by Gasteiger charge is 2.42. The fourth-order valence-corrected chi connectivity index (χ4v) is 6.30. The van der Waals surface area contributed by atoms with Crippen LogP contribution in [0.2, 0.25) is 0 Å². The Morgan fingerprint density at radius 2 is 1.49 bits per heavy atom. The molecule has 2 heterocycles. The number of carboxylic acid groups (broad SMARTS) is 1. The minimum atomic E-state index is -2.29. The number of carboxylic acids is 1. The lowest BCUT2D eigenvalue weighted by Crippen LogP contribution is -2.67. The number of aromatic amines is 2. The molecule has 28 nitrogen and oxygen atoms in total. The van der Waals surface area contributed by atoms with E-state index < -0.39 is 138 Å². The molecule has 2 aromatic heterocycles. The number of rotatable bonds is 28. The van der Waals surface area contributed by atoms with Crippen molar-refractivity contribution in [1.29, 1.82) is 0 Å². The van der Waals surface area contributed by atoms with E-state index in [1.807, 2.05) is 5.32 Å². The van der Waals surface area contributed by atoms with E-state index in [0.29, 0.717) is 6.42 Å². The van der Waals surface area contributed by atoms with Gasteiger partial charge in [0.05, 0.1) is 44.1 Å². The summed E-state index contributed by atoms with van der Waals surface area (Å²) in [5, 5.41) is 71.4. The Balaban J connectivity index is 1.78. The largest absolute Gasteiger partial charge is 0.481 e. The van der Waals surface area contributed by atoms with Crippen molar-refractivity contribution in [3.63, 3.8) is 0 Å². The topological polar surface area (TPSA) is 431 Å². The number of hydrogen-bond acceptors (Lipinski definition) is 17. The predicted octanol–water partition coefficient (Wildman–Crippen LogP) is -5.93. The van der Waals surface area contributed by atoms with Gasteiger partial charge in [-0.15, -0.1) is 10.2 Å². The number of imidazole rings is 1. The van der Waals surface area contributed by atoms with E-state index in [4.69, 9.17) is 5.11 Å². The van der Waals surface area contributed by atoms with Crippen LogP contribution in [0.5, 0.6) is 0 Å². The molecule has 0 aliphatic heterocycles. The monoisotopic (exact) mass is 988 g/mol. The van der Waals surface area contributed by atoms with Crippen LogP contribution in [-0.2, 0) is 67.2 Å². The molecular weight excluding hydrogens is 932 g/mol. The second-order valence-electron chi connectivity index (χ2n) is 16.6. The molecule has 1 aromatic carbocycles. The van der Waals surface area contributed by atoms with E-state index in [0.717, 1.165) is 32.5 Å². The molecule has 8 atom stereocenters. The minimum absolute atomic E-state index is 0.0408. The van der Waals surface area contributed by atoms with Gasteiger partial charge in [-0.1, -0.05) is 23.4 Å². The van der Waals surface area contributed by atoms with Gasteiger partial charge in [0, 0.05) is 37.7 Å². The number of hydrogen-bond donors (Lipinski definition) is 14. The van der Waals surface area contributed by atoms with Crippen LogP contribution < -0.4 is 42.5 Å². The highest BCUT2D eigenvalue weighted by atomic mass is 19.1. The van der Waals surface area contributed by atoms with E-state index in [1.165, 1.54) is 38.4 Å². The van der Waals surface area contributed by atoms with Gasteiger partial charge in [0.2, 0.25) is 47.3 Å². The van der Waals surface area contributed by atoms with Crippen molar-refractivity contribution < 1.29 is 72.8 Å². The summed E-state index contributed by atoms with van der Waals surface area (Å²) in [5.74, 6) is -11.0. The molecule has 2 unspecified atom stereocenters. The third-order valence-corrected chi connectivity index (χ3v) is 10.4. The highest BCUT2D eigenvalue weighted by molar-refractivity contribution is 6.05. The van der Waals surface area contributed by atoms with Crippen molar-refractivity contribution in [2.24, 2.45) is 5.41 Å². The van der Waals surface area contributed by atoms with Gasteiger partial charge >= 0.3 is 5.97 Å². The highest BCUT2D eigenvalue weighted by Crippen LogP contribution is 2.19. The lowest BCUT2D eigenvalue weighted by Gasteiger charge is -2.34. The van der Waals surface area contributed by atoms with Gasteiger partial charge in [0.25, 0.3) is 0 Å². The van der Waals surface area contributed by atoms with E-state index in [1.54, 1.807) is 6.20 Å². The molecule has 0 aliphatic carbocycles. The lowest BCUT2D eigenvalue weighted by atomic mass is 9.90. The van der Waals surface area contributed by atoms with Crippen molar-refractivity contribution in [1.82, 2.24) is 73.1 Å². The average molecular weight is 989 g/mol. The second-order valence-corrected chi connectivity index (χ2v) is 16.6. The van der Waals surface area contributed by atoms with E-state index in [2.05, 4.69) is 67.8 Å². The standard InChI is InChI=1S/C41H57FN14O14/c1-20(59)31(35(66)48-27(18-58)34(65)47-24(17-57)12-30(62)63)51-39(70)41(5,14-22-8-6-7-9-25(22)42)52-36(67)32(21(2)60)50-29(61)16-45-33(64)26(13-28-53-55-56-54-28)49-38(69)40(3,4)37(68)44-11-10-23-15-43-19-46-23/h6-9,15,17,19-21,24,26-27,31-32,58-60H,10-14,16,18H2,1-5H3,(H,43,46)(H,44,68)(H,45,64)(H,47,65)(H,48,66)(H,49,69)(H,50,61)(H,51,70)(H,52,67)(H,62,63)(H,53,54,55,56)/t20-,21-,24?,26+,27+,31+,32+,41?/m1/s1. The summed E-state index contributed by atoms with van der Waals surface area (Å²) in [7, 11) is 0. The summed E-state index contributed by atoms with van der Waals surface area (Å²) in [5.41, 5.74) is -3.44. The maximum Gasteiger partial charge on any atom is 0.305 e. The van der Waals surface area contributed by atoms with Gasteiger partial charge in [0.15, 0.2) is 5.82 Å². The van der Waals surface area contributed by atoms with Gasteiger partial charge in [-0.3, -0.25) is 43.2 Å². The number of aliphatic carboxylic acids is 1. The molecule has 0 radical (unpaired) electrons. The van der Waals surface area contributed by atoms with E-state index in [-0.39, 0.29) is 30.6 Å². The molecule has 70 heavy (non-hydrogen) atoms. The molecule has 0 aliphatic rings. The van der Waals surface area contributed by atoms with E-state index >= 15 is 4.39 Å². The van der Waals surface area contributed by atoms with Crippen molar-refractivity contribution in [2.45, 2.75) is 108 Å². The summed E-state index contributed by atoms with van der Waals surface area (Å²) in [6, 6.07) is -3.69. The molecule has 0 saturated heterocycles.